The summed E-state index contributed by atoms with van der Waals surface area (Å²) in [5.74, 6) is -0.0968. The molecule has 0 saturated heterocycles. The summed E-state index contributed by atoms with van der Waals surface area (Å²) in [6.45, 7) is 0. The molecule has 2 rings (SSSR count). The molecule has 0 aliphatic carbocycles. The molecule has 0 amide bonds. The monoisotopic (exact) mass is 269 g/mol. The van der Waals surface area contributed by atoms with Gasteiger partial charge in [0.2, 0.25) is 0 Å². The summed E-state index contributed by atoms with van der Waals surface area (Å²) in [6.07, 6.45) is 0. The fourth-order valence-corrected chi connectivity index (χ4v) is 1.57. The van der Waals surface area contributed by atoms with Gasteiger partial charge in [0.1, 0.15) is 5.82 Å². The minimum atomic E-state index is -0.215. The van der Waals surface area contributed by atoms with E-state index in [9.17, 15) is 10.2 Å². The van der Waals surface area contributed by atoms with Crippen molar-refractivity contribution < 1.29 is 10.2 Å². The van der Waals surface area contributed by atoms with Crippen LogP contribution < -0.4 is 5.73 Å². The summed E-state index contributed by atoms with van der Waals surface area (Å²) in [7, 11) is 0. The lowest BCUT2D eigenvalue weighted by molar-refractivity contribution is 0.403. The molecule has 6 heteroatoms. The van der Waals surface area contributed by atoms with E-state index in [0.29, 0.717) is 21.5 Å². The van der Waals surface area contributed by atoms with E-state index in [0.717, 1.165) is 0 Å². The number of halogens is 1. The van der Waals surface area contributed by atoms with Crippen LogP contribution in [-0.2, 0) is 0 Å². The highest BCUT2D eigenvalue weighted by atomic mass is 79.9. The Morgan fingerprint density at radius 1 is 1.27 bits per heavy atom. The van der Waals surface area contributed by atoms with E-state index in [1.807, 2.05) is 0 Å². The van der Waals surface area contributed by atoms with Crippen LogP contribution in [0.2, 0.25) is 0 Å². The first-order valence-corrected chi connectivity index (χ1v) is 4.90. The van der Waals surface area contributed by atoms with Crippen molar-refractivity contribution in [2.75, 3.05) is 5.73 Å². The number of anilines is 1. The minimum Gasteiger partial charge on any atom is -0.504 e. The Hall–Kier alpha value is -1.69. The molecule has 0 radical (unpaired) electrons. The first-order chi connectivity index (χ1) is 7.09. The number of rotatable bonds is 1. The Morgan fingerprint density at radius 2 is 2.00 bits per heavy atom. The van der Waals surface area contributed by atoms with E-state index < -0.39 is 0 Å². The van der Waals surface area contributed by atoms with E-state index in [4.69, 9.17) is 5.73 Å². The summed E-state index contributed by atoms with van der Waals surface area (Å²) in [5.41, 5.74) is 6.43. The molecule has 1 aromatic carbocycles. The van der Waals surface area contributed by atoms with Crippen molar-refractivity contribution >= 4 is 21.7 Å². The number of H-pyrrole nitrogens is 1. The van der Waals surface area contributed by atoms with Crippen LogP contribution in [0, 0.1) is 0 Å². The molecular weight excluding hydrogens is 262 g/mol. The van der Waals surface area contributed by atoms with Gasteiger partial charge in [-0.1, -0.05) is 0 Å². The number of nitrogens with zero attached hydrogens (tertiary/aromatic N) is 1. The first-order valence-electron chi connectivity index (χ1n) is 4.11. The number of benzene rings is 1. The number of nitrogens with one attached hydrogen (secondary N) is 1. The number of phenolic OH excluding ortho intramolecular Hbond substituents is 2. The largest absolute Gasteiger partial charge is 0.504 e. The Labute approximate surface area is 93.7 Å². The van der Waals surface area contributed by atoms with E-state index in [1.54, 1.807) is 18.2 Å². The standard InChI is InChI=1S/C9H8BrN3O2/c10-5-2-1-4(8(14)9(5)15)6-3-7(11)13-12-6/h1-3,14-15H,(H3,11,12,13). The van der Waals surface area contributed by atoms with E-state index in [1.165, 1.54) is 0 Å². The van der Waals surface area contributed by atoms with Crippen molar-refractivity contribution in [3.63, 3.8) is 0 Å². The molecule has 1 aromatic heterocycles. The fraction of sp³-hybridized carbons (Fsp3) is 0. The van der Waals surface area contributed by atoms with Gasteiger partial charge in [0, 0.05) is 11.6 Å². The van der Waals surface area contributed by atoms with Crippen molar-refractivity contribution in [3.05, 3.63) is 22.7 Å². The van der Waals surface area contributed by atoms with Gasteiger partial charge in [0.05, 0.1) is 10.2 Å². The summed E-state index contributed by atoms with van der Waals surface area (Å²) in [6, 6.07) is 4.84. The highest BCUT2D eigenvalue weighted by molar-refractivity contribution is 9.10. The Balaban J connectivity index is 2.59. The maximum atomic E-state index is 9.67. The molecule has 0 bridgehead atoms. The molecular formula is C9H8BrN3O2. The Bertz CT molecular complexity index is 510. The zero-order valence-electron chi connectivity index (χ0n) is 7.53. The van der Waals surface area contributed by atoms with Gasteiger partial charge in [-0.15, -0.1) is 0 Å². The zero-order chi connectivity index (χ0) is 11.0. The van der Waals surface area contributed by atoms with E-state index in [-0.39, 0.29) is 11.5 Å². The Morgan fingerprint density at radius 3 is 2.60 bits per heavy atom. The van der Waals surface area contributed by atoms with Crippen LogP contribution in [0.4, 0.5) is 5.82 Å². The third-order valence-corrected chi connectivity index (χ3v) is 2.63. The number of nitrogens with two attached hydrogens (primary N) is 1. The molecule has 0 aliphatic rings. The molecule has 0 aliphatic heterocycles. The van der Waals surface area contributed by atoms with Gasteiger partial charge in [-0.2, -0.15) is 5.10 Å². The quantitative estimate of drug-likeness (QED) is 0.594. The topological polar surface area (TPSA) is 95.2 Å². The molecule has 78 valence electrons. The van der Waals surface area contributed by atoms with Crippen LogP contribution >= 0.6 is 15.9 Å². The molecule has 5 N–H and O–H groups in total. The number of nitrogen functional groups attached to an aromatic ring is 1. The van der Waals surface area contributed by atoms with Crippen molar-refractivity contribution in [2.24, 2.45) is 0 Å². The number of phenols is 2. The van der Waals surface area contributed by atoms with E-state index >= 15 is 0 Å². The molecule has 0 spiro atoms. The van der Waals surface area contributed by atoms with Gasteiger partial charge < -0.3 is 15.9 Å². The smallest absolute Gasteiger partial charge is 0.172 e. The fourth-order valence-electron chi connectivity index (χ4n) is 1.25. The second-order valence-corrected chi connectivity index (χ2v) is 3.85. The SMILES string of the molecule is Nc1cc(-c2ccc(Br)c(O)c2O)[nH]n1. The van der Waals surface area contributed by atoms with Gasteiger partial charge in [-0.05, 0) is 28.1 Å². The second kappa shape index (κ2) is 3.47. The van der Waals surface area contributed by atoms with Crippen LogP contribution in [0.25, 0.3) is 11.3 Å². The molecule has 5 nitrogen and oxygen atoms in total. The highest BCUT2D eigenvalue weighted by Crippen LogP contribution is 2.40. The lowest BCUT2D eigenvalue weighted by atomic mass is 10.1. The van der Waals surface area contributed by atoms with Crippen LogP contribution in [0.5, 0.6) is 11.5 Å². The summed E-state index contributed by atoms with van der Waals surface area (Å²) in [4.78, 5) is 0. The number of aromatic hydroxyl groups is 2. The van der Waals surface area contributed by atoms with Crippen molar-refractivity contribution in [2.45, 2.75) is 0 Å². The molecule has 0 fully saturated rings. The van der Waals surface area contributed by atoms with Crippen LogP contribution in [-0.4, -0.2) is 20.4 Å². The van der Waals surface area contributed by atoms with Crippen LogP contribution in [0.15, 0.2) is 22.7 Å². The first kappa shape index (κ1) is 9.85. The van der Waals surface area contributed by atoms with Crippen LogP contribution in [0.1, 0.15) is 0 Å². The number of aromatic nitrogens is 2. The highest BCUT2D eigenvalue weighted by Gasteiger charge is 2.13. The van der Waals surface area contributed by atoms with Gasteiger partial charge in [-0.25, -0.2) is 0 Å². The maximum absolute atomic E-state index is 9.67. The Kier molecular flexibility index (Phi) is 2.28. The molecule has 0 unspecified atom stereocenters. The second-order valence-electron chi connectivity index (χ2n) is 3.00. The lowest BCUT2D eigenvalue weighted by Gasteiger charge is -2.05. The van der Waals surface area contributed by atoms with Crippen molar-refractivity contribution in [3.8, 4) is 22.8 Å². The average molecular weight is 270 g/mol. The predicted molar refractivity (Wildman–Crippen MR) is 59.5 cm³/mol. The van der Waals surface area contributed by atoms with Crippen LogP contribution in [0.3, 0.4) is 0 Å². The van der Waals surface area contributed by atoms with Crippen molar-refractivity contribution in [1.29, 1.82) is 0 Å². The number of hydrogen-bond donors (Lipinski definition) is 4. The van der Waals surface area contributed by atoms with Gasteiger partial charge >= 0.3 is 0 Å². The van der Waals surface area contributed by atoms with Gasteiger partial charge in [-0.3, -0.25) is 5.10 Å². The zero-order valence-corrected chi connectivity index (χ0v) is 9.12. The molecule has 0 saturated carbocycles. The number of aromatic amines is 1. The molecule has 1 heterocycles. The third-order valence-electron chi connectivity index (χ3n) is 1.99. The maximum Gasteiger partial charge on any atom is 0.172 e. The minimum absolute atomic E-state index is 0.208. The average Bonchev–Trinajstić information content (AvgIpc) is 2.61. The van der Waals surface area contributed by atoms with Gasteiger partial charge in [0.25, 0.3) is 0 Å². The normalized spacial score (nSPS) is 10.5. The molecule has 2 aromatic rings. The number of hydrogen-bond acceptors (Lipinski definition) is 4. The third kappa shape index (κ3) is 1.63. The molecule has 15 heavy (non-hydrogen) atoms. The van der Waals surface area contributed by atoms with Crippen molar-refractivity contribution in [1.82, 2.24) is 10.2 Å². The summed E-state index contributed by atoms with van der Waals surface area (Å²) < 4.78 is 0.427. The summed E-state index contributed by atoms with van der Waals surface area (Å²) >= 11 is 3.10. The van der Waals surface area contributed by atoms with Gasteiger partial charge in [0.15, 0.2) is 11.5 Å². The van der Waals surface area contributed by atoms with E-state index in [2.05, 4.69) is 26.1 Å². The lowest BCUT2D eigenvalue weighted by Crippen LogP contribution is -1.81. The summed E-state index contributed by atoms with van der Waals surface area (Å²) in [5, 5.41) is 25.5. The predicted octanol–water partition coefficient (Wildman–Crippen LogP) is 1.83. The molecule has 0 atom stereocenters.